The topological polar surface area (TPSA) is 95.6 Å². The van der Waals surface area contributed by atoms with Crippen LogP contribution in [0.2, 0.25) is 0 Å². The quantitative estimate of drug-likeness (QED) is 0.756. The number of carbonyl (C=O) groups excluding carboxylic acids is 2. The van der Waals surface area contributed by atoms with Crippen LogP contribution in [0, 0.1) is 6.92 Å². The van der Waals surface area contributed by atoms with Gasteiger partial charge in [-0.05, 0) is 61.7 Å². The lowest BCUT2D eigenvalue weighted by molar-refractivity contribution is -0.114. The van der Waals surface area contributed by atoms with Crippen LogP contribution in [0.15, 0.2) is 47.4 Å². The van der Waals surface area contributed by atoms with Crippen molar-refractivity contribution in [2.75, 3.05) is 23.7 Å². The highest BCUT2D eigenvalue weighted by molar-refractivity contribution is 7.89. The van der Waals surface area contributed by atoms with Crippen LogP contribution in [0.4, 0.5) is 11.4 Å². The number of amides is 2. The van der Waals surface area contributed by atoms with Crippen LogP contribution < -0.4 is 10.6 Å². The number of nitrogens with one attached hydrogen (secondary N) is 2. The molecule has 1 fully saturated rings. The number of rotatable bonds is 5. The van der Waals surface area contributed by atoms with E-state index >= 15 is 0 Å². The van der Waals surface area contributed by atoms with E-state index in [2.05, 4.69) is 10.6 Å². The van der Waals surface area contributed by atoms with Gasteiger partial charge in [0.15, 0.2) is 0 Å². The Bertz CT molecular complexity index is 1020. The Hall–Kier alpha value is -2.71. The Morgan fingerprint density at radius 2 is 1.53 bits per heavy atom. The van der Waals surface area contributed by atoms with E-state index in [1.807, 2.05) is 6.92 Å². The second-order valence-electron chi connectivity index (χ2n) is 7.51. The van der Waals surface area contributed by atoms with E-state index in [9.17, 15) is 18.0 Å². The summed E-state index contributed by atoms with van der Waals surface area (Å²) in [6.07, 6.45) is 3.84. The molecule has 7 nitrogen and oxygen atoms in total. The molecule has 2 N–H and O–H groups in total. The summed E-state index contributed by atoms with van der Waals surface area (Å²) in [6.45, 7) is 4.34. The molecular formula is C22H27N3O4S. The molecule has 1 saturated heterocycles. The van der Waals surface area contributed by atoms with Crippen molar-refractivity contribution < 1.29 is 18.0 Å². The van der Waals surface area contributed by atoms with Crippen LogP contribution in [-0.2, 0) is 14.8 Å². The highest BCUT2D eigenvalue weighted by Crippen LogP contribution is 2.23. The largest absolute Gasteiger partial charge is 0.326 e. The molecule has 1 heterocycles. The summed E-state index contributed by atoms with van der Waals surface area (Å²) < 4.78 is 27.3. The van der Waals surface area contributed by atoms with Gasteiger partial charge in [-0.3, -0.25) is 9.59 Å². The van der Waals surface area contributed by atoms with Crippen molar-refractivity contribution in [2.45, 2.75) is 44.4 Å². The van der Waals surface area contributed by atoms with Gasteiger partial charge < -0.3 is 10.6 Å². The molecular weight excluding hydrogens is 402 g/mol. The van der Waals surface area contributed by atoms with E-state index in [0.717, 1.165) is 31.2 Å². The number of nitrogens with zero attached hydrogens (tertiary/aromatic N) is 1. The van der Waals surface area contributed by atoms with Gasteiger partial charge in [-0.15, -0.1) is 0 Å². The van der Waals surface area contributed by atoms with Crippen LogP contribution >= 0.6 is 0 Å². The molecule has 8 heteroatoms. The van der Waals surface area contributed by atoms with Gasteiger partial charge in [-0.1, -0.05) is 18.9 Å². The smallest absolute Gasteiger partial charge is 0.255 e. The molecule has 2 aromatic rings. The third-order valence-corrected chi connectivity index (χ3v) is 7.04. The molecule has 0 aromatic heterocycles. The summed E-state index contributed by atoms with van der Waals surface area (Å²) >= 11 is 0. The number of carbonyl (C=O) groups is 2. The van der Waals surface area contributed by atoms with Crippen molar-refractivity contribution in [2.24, 2.45) is 0 Å². The number of sulfonamides is 1. The van der Waals surface area contributed by atoms with Gasteiger partial charge in [0, 0.05) is 37.0 Å². The molecule has 0 spiro atoms. The van der Waals surface area contributed by atoms with Crippen molar-refractivity contribution >= 4 is 33.2 Å². The third kappa shape index (κ3) is 5.25. The molecule has 30 heavy (non-hydrogen) atoms. The number of benzene rings is 2. The van der Waals surface area contributed by atoms with E-state index in [-0.39, 0.29) is 16.7 Å². The van der Waals surface area contributed by atoms with Crippen LogP contribution in [0.5, 0.6) is 0 Å². The number of anilines is 2. The van der Waals surface area contributed by atoms with Crippen molar-refractivity contribution in [1.29, 1.82) is 0 Å². The molecule has 0 atom stereocenters. The summed E-state index contributed by atoms with van der Waals surface area (Å²) in [7, 11) is -3.55. The molecule has 0 bridgehead atoms. The van der Waals surface area contributed by atoms with Crippen molar-refractivity contribution in [3.63, 3.8) is 0 Å². The summed E-state index contributed by atoms with van der Waals surface area (Å²) in [5, 5.41) is 5.50. The second-order valence-corrected chi connectivity index (χ2v) is 9.45. The fourth-order valence-electron chi connectivity index (χ4n) is 3.44. The molecule has 2 aromatic carbocycles. The lowest BCUT2D eigenvalue weighted by atomic mass is 10.1. The summed E-state index contributed by atoms with van der Waals surface area (Å²) in [5.74, 6) is -0.547. The minimum Gasteiger partial charge on any atom is -0.326 e. The van der Waals surface area contributed by atoms with Gasteiger partial charge in [0.2, 0.25) is 15.9 Å². The normalized spacial score (nSPS) is 15.3. The molecule has 3 rings (SSSR count). The zero-order chi connectivity index (χ0) is 21.7. The highest BCUT2D eigenvalue weighted by Gasteiger charge is 2.25. The SMILES string of the molecule is CC(=O)Nc1ccc(C)c(NC(=O)c2ccc(S(=O)(=O)N3CCCCCC3)cc2)c1. The van der Waals surface area contributed by atoms with Crippen LogP contribution in [0.3, 0.4) is 0 Å². The van der Waals surface area contributed by atoms with Gasteiger partial charge in [0.05, 0.1) is 4.90 Å². The average Bonchev–Trinajstić information content (AvgIpc) is 3.00. The van der Waals surface area contributed by atoms with Gasteiger partial charge in [-0.2, -0.15) is 4.31 Å². The lowest BCUT2D eigenvalue weighted by Gasteiger charge is -2.20. The maximum atomic E-state index is 12.9. The zero-order valence-corrected chi connectivity index (χ0v) is 18.1. The summed E-state index contributed by atoms with van der Waals surface area (Å²) in [5.41, 5.74) is 2.36. The Balaban J connectivity index is 1.75. The van der Waals surface area contributed by atoms with E-state index in [4.69, 9.17) is 0 Å². The first kappa shape index (κ1) is 22.0. The van der Waals surface area contributed by atoms with Crippen molar-refractivity contribution in [3.8, 4) is 0 Å². The number of hydrogen-bond acceptors (Lipinski definition) is 4. The van der Waals surface area contributed by atoms with Gasteiger partial charge in [0.1, 0.15) is 0 Å². The second kappa shape index (κ2) is 9.40. The molecule has 1 aliphatic rings. The van der Waals surface area contributed by atoms with Gasteiger partial charge in [-0.25, -0.2) is 8.42 Å². The van der Waals surface area contributed by atoms with Gasteiger partial charge >= 0.3 is 0 Å². The predicted octanol–water partition coefficient (Wildman–Crippen LogP) is 3.77. The zero-order valence-electron chi connectivity index (χ0n) is 17.3. The minimum atomic E-state index is -3.55. The first-order valence-electron chi connectivity index (χ1n) is 10.1. The Morgan fingerprint density at radius 1 is 0.900 bits per heavy atom. The number of aryl methyl sites for hydroxylation is 1. The maximum Gasteiger partial charge on any atom is 0.255 e. The van der Waals surface area contributed by atoms with Gasteiger partial charge in [0.25, 0.3) is 5.91 Å². The lowest BCUT2D eigenvalue weighted by Crippen LogP contribution is -2.31. The van der Waals surface area contributed by atoms with E-state index in [0.29, 0.717) is 30.0 Å². The summed E-state index contributed by atoms with van der Waals surface area (Å²) in [4.78, 5) is 24.1. The molecule has 1 aliphatic heterocycles. The fourth-order valence-corrected chi connectivity index (χ4v) is 4.96. The van der Waals surface area contributed by atoms with Crippen LogP contribution in [0.1, 0.15) is 48.5 Å². The average molecular weight is 430 g/mol. The summed E-state index contributed by atoms with van der Waals surface area (Å²) in [6, 6.07) is 11.3. The monoisotopic (exact) mass is 429 g/mol. The standard InChI is InChI=1S/C22H27N3O4S/c1-16-7-10-19(23-17(2)26)15-21(16)24-22(27)18-8-11-20(12-9-18)30(28,29)25-13-5-3-4-6-14-25/h7-12,15H,3-6,13-14H2,1-2H3,(H,23,26)(H,24,27). The minimum absolute atomic E-state index is 0.197. The third-order valence-electron chi connectivity index (χ3n) is 5.13. The Kier molecular flexibility index (Phi) is 6.89. The first-order valence-corrected chi connectivity index (χ1v) is 11.5. The highest BCUT2D eigenvalue weighted by atomic mass is 32.2. The van der Waals surface area contributed by atoms with Crippen molar-refractivity contribution in [3.05, 3.63) is 53.6 Å². The Morgan fingerprint density at radius 3 is 2.13 bits per heavy atom. The molecule has 0 radical (unpaired) electrons. The molecule has 0 aliphatic carbocycles. The molecule has 0 saturated carbocycles. The predicted molar refractivity (Wildman–Crippen MR) is 117 cm³/mol. The Labute approximate surface area is 177 Å². The first-order chi connectivity index (χ1) is 14.3. The van der Waals surface area contributed by atoms with E-state index in [1.165, 1.54) is 35.5 Å². The fraction of sp³-hybridized carbons (Fsp3) is 0.364. The van der Waals surface area contributed by atoms with Crippen molar-refractivity contribution in [1.82, 2.24) is 4.31 Å². The van der Waals surface area contributed by atoms with E-state index < -0.39 is 10.0 Å². The molecule has 160 valence electrons. The van der Waals surface area contributed by atoms with Crippen LogP contribution in [-0.4, -0.2) is 37.6 Å². The van der Waals surface area contributed by atoms with E-state index in [1.54, 1.807) is 18.2 Å². The molecule has 0 unspecified atom stereocenters. The maximum absolute atomic E-state index is 12.9. The molecule has 2 amide bonds. The van der Waals surface area contributed by atoms with Crippen LogP contribution in [0.25, 0.3) is 0 Å². The number of hydrogen-bond donors (Lipinski definition) is 2.